The zero-order valence-electron chi connectivity index (χ0n) is 15.9. The van der Waals surface area contributed by atoms with E-state index in [4.69, 9.17) is 15.2 Å². The molecule has 0 spiro atoms. The van der Waals surface area contributed by atoms with Gasteiger partial charge in [0, 0.05) is 30.4 Å². The molecule has 2 amide bonds. The topological polar surface area (TPSA) is 93.9 Å². The molecule has 0 saturated carbocycles. The molecule has 2 aromatic rings. The fourth-order valence-electron chi connectivity index (χ4n) is 3.13. The highest BCUT2D eigenvalue weighted by atomic mass is 16.5. The maximum absolute atomic E-state index is 12.5. The second-order valence-electron chi connectivity index (χ2n) is 6.73. The number of anilines is 1. The zero-order valence-corrected chi connectivity index (χ0v) is 15.9. The lowest BCUT2D eigenvalue weighted by molar-refractivity contribution is -0.118. The first-order chi connectivity index (χ1) is 13.6. The lowest BCUT2D eigenvalue weighted by Crippen LogP contribution is -2.29. The first-order valence-electron chi connectivity index (χ1n) is 9.25. The molecule has 7 heteroatoms. The van der Waals surface area contributed by atoms with Gasteiger partial charge in [-0.15, -0.1) is 0 Å². The van der Waals surface area contributed by atoms with Crippen molar-refractivity contribution < 1.29 is 19.1 Å². The van der Waals surface area contributed by atoms with E-state index < -0.39 is 0 Å². The van der Waals surface area contributed by atoms with Crippen molar-refractivity contribution in [1.29, 1.82) is 0 Å². The largest absolute Gasteiger partial charge is 0.497 e. The van der Waals surface area contributed by atoms with Crippen LogP contribution < -0.4 is 20.5 Å². The number of hydrogen-bond donors (Lipinski definition) is 2. The lowest BCUT2D eigenvalue weighted by Gasteiger charge is -2.16. The van der Waals surface area contributed by atoms with E-state index in [0.29, 0.717) is 41.8 Å². The number of hydrogen-bond acceptors (Lipinski definition) is 5. The van der Waals surface area contributed by atoms with E-state index in [2.05, 4.69) is 5.32 Å². The normalized spacial score (nSPS) is 15.9. The van der Waals surface area contributed by atoms with Crippen LogP contribution in [0.1, 0.15) is 16.8 Å². The third-order valence-electron chi connectivity index (χ3n) is 4.73. The molecular weight excluding hydrogens is 358 g/mol. The fraction of sp³-hybridized carbons (Fsp3) is 0.333. The number of methoxy groups -OCH3 is 1. The third-order valence-corrected chi connectivity index (χ3v) is 4.73. The van der Waals surface area contributed by atoms with E-state index in [1.807, 2.05) is 4.90 Å². The van der Waals surface area contributed by atoms with Gasteiger partial charge in [-0.25, -0.2) is 0 Å². The van der Waals surface area contributed by atoms with Gasteiger partial charge in [-0.3, -0.25) is 9.59 Å². The zero-order chi connectivity index (χ0) is 19.9. The summed E-state index contributed by atoms with van der Waals surface area (Å²) in [4.78, 5) is 26.4. The smallest absolute Gasteiger partial charge is 0.262 e. The van der Waals surface area contributed by atoms with Gasteiger partial charge in [-0.1, -0.05) is 6.07 Å². The van der Waals surface area contributed by atoms with Crippen LogP contribution in [0, 0.1) is 5.92 Å². The Morgan fingerprint density at radius 2 is 1.96 bits per heavy atom. The molecule has 1 aliphatic rings. The van der Waals surface area contributed by atoms with Gasteiger partial charge in [0.25, 0.3) is 11.8 Å². The molecule has 1 unspecified atom stereocenters. The van der Waals surface area contributed by atoms with Crippen molar-refractivity contribution in [3.8, 4) is 11.5 Å². The molecule has 7 nitrogen and oxygen atoms in total. The van der Waals surface area contributed by atoms with Crippen molar-refractivity contribution >= 4 is 17.5 Å². The summed E-state index contributed by atoms with van der Waals surface area (Å²) in [6.07, 6.45) is 0.950. The van der Waals surface area contributed by atoms with Crippen molar-refractivity contribution in [3.05, 3.63) is 54.1 Å². The lowest BCUT2D eigenvalue weighted by atomic mass is 10.1. The van der Waals surface area contributed by atoms with Gasteiger partial charge < -0.3 is 25.4 Å². The highest BCUT2D eigenvalue weighted by Gasteiger charge is 2.25. The Balaban J connectivity index is 1.50. The molecule has 2 aromatic carbocycles. The molecule has 1 saturated heterocycles. The standard InChI is InChI=1S/C21H25N3O4/c1-27-19-4-2-3-17(11-19)23-20(25)14-28-18-7-5-16(6-8-18)21(26)24-10-9-15(12-22)13-24/h2-8,11,15H,9-10,12-14,22H2,1H3,(H,23,25). The molecule has 28 heavy (non-hydrogen) atoms. The Kier molecular flexibility index (Phi) is 6.49. The first kappa shape index (κ1) is 19.7. The molecule has 0 aliphatic carbocycles. The molecule has 148 valence electrons. The molecule has 0 radical (unpaired) electrons. The van der Waals surface area contributed by atoms with Gasteiger partial charge in [0.2, 0.25) is 0 Å². The number of benzene rings is 2. The average molecular weight is 383 g/mol. The van der Waals surface area contributed by atoms with Crippen molar-refractivity contribution in [2.24, 2.45) is 11.7 Å². The summed E-state index contributed by atoms with van der Waals surface area (Å²) in [6.45, 7) is 1.92. The summed E-state index contributed by atoms with van der Waals surface area (Å²) in [6, 6.07) is 13.9. The van der Waals surface area contributed by atoms with E-state index in [1.54, 1.807) is 55.6 Å². The Morgan fingerprint density at radius 3 is 2.64 bits per heavy atom. The number of nitrogens with zero attached hydrogens (tertiary/aromatic N) is 1. The molecule has 1 heterocycles. The predicted molar refractivity (Wildman–Crippen MR) is 107 cm³/mol. The van der Waals surface area contributed by atoms with E-state index >= 15 is 0 Å². The SMILES string of the molecule is COc1cccc(NC(=O)COc2ccc(C(=O)N3CCC(CN)C3)cc2)c1. The minimum atomic E-state index is -0.279. The minimum absolute atomic E-state index is 0.00160. The monoisotopic (exact) mass is 383 g/mol. The first-order valence-corrected chi connectivity index (χ1v) is 9.25. The van der Waals surface area contributed by atoms with Gasteiger partial charge in [0.15, 0.2) is 6.61 Å². The number of likely N-dealkylation sites (tertiary alicyclic amines) is 1. The summed E-state index contributed by atoms with van der Waals surface area (Å²) in [5.74, 6) is 1.29. The van der Waals surface area contributed by atoms with Crippen LogP contribution in [-0.4, -0.2) is 50.1 Å². The van der Waals surface area contributed by atoms with Gasteiger partial charge in [-0.2, -0.15) is 0 Å². The molecule has 3 rings (SSSR count). The van der Waals surface area contributed by atoms with Crippen LogP contribution in [0.25, 0.3) is 0 Å². The van der Waals surface area contributed by atoms with Crippen molar-refractivity contribution in [3.63, 3.8) is 0 Å². The average Bonchev–Trinajstić information content (AvgIpc) is 3.21. The van der Waals surface area contributed by atoms with E-state index in [1.165, 1.54) is 0 Å². The number of amides is 2. The maximum Gasteiger partial charge on any atom is 0.262 e. The number of carbonyl (C=O) groups is 2. The summed E-state index contributed by atoms with van der Waals surface area (Å²) in [5.41, 5.74) is 6.92. The molecule has 0 aromatic heterocycles. The van der Waals surface area contributed by atoms with Crippen LogP contribution in [0.5, 0.6) is 11.5 Å². The molecular formula is C21H25N3O4. The number of nitrogens with one attached hydrogen (secondary N) is 1. The van der Waals surface area contributed by atoms with E-state index in [-0.39, 0.29) is 18.4 Å². The number of nitrogens with two attached hydrogens (primary N) is 1. The van der Waals surface area contributed by atoms with Gasteiger partial charge in [-0.05, 0) is 55.3 Å². The van der Waals surface area contributed by atoms with Crippen LogP contribution in [0.2, 0.25) is 0 Å². The third kappa shape index (κ3) is 5.01. The number of rotatable bonds is 7. The highest BCUT2D eigenvalue weighted by Crippen LogP contribution is 2.20. The number of ether oxygens (including phenoxy) is 2. The summed E-state index contributed by atoms with van der Waals surface area (Å²) >= 11 is 0. The molecule has 1 aliphatic heterocycles. The van der Waals surface area contributed by atoms with Crippen molar-refractivity contribution in [2.75, 3.05) is 38.7 Å². The summed E-state index contributed by atoms with van der Waals surface area (Å²) in [7, 11) is 1.57. The summed E-state index contributed by atoms with van der Waals surface area (Å²) in [5, 5.41) is 2.75. The second-order valence-corrected chi connectivity index (χ2v) is 6.73. The van der Waals surface area contributed by atoms with Crippen molar-refractivity contribution in [2.45, 2.75) is 6.42 Å². The van der Waals surface area contributed by atoms with Crippen LogP contribution in [0.15, 0.2) is 48.5 Å². The molecule has 0 bridgehead atoms. The number of carbonyl (C=O) groups excluding carboxylic acids is 2. The van der Waals surface area contributed by atoms with Gasteiger partial charge in [0.05, 0.1) is 7.11 Å². The molecule has 1 atom stereocenters. The van der Waals surface area contributed by atoms with E-state index in [9.17, 15) is 9.59 Å². The quantitative estimate of drug-likeness (QED) is 0.764. The maximum atomic E-state index is 12.5. The van der Waals surface area contributed by atoms with Gasteiger partial charge in [0.1, 0.15) is 11.5 Å². The molecule has 1 fully saturated rings. The molecule has 3 N–H and O–H groups in total. The Morgan fingerprint density at radius 1 is 1.18 bits per heavy atom. The van der Waals surface area contributed by atoms with Crippen LogP contribution >= 0.6 is 0 Å². The second kappa shape index (κ2) is 9.23. The predicted octanol–water partition coefficient (Wildman–Crippen LogP) is 2.13. The minimum Gasteiger partial charge on any atom is -0.497 e. The fourth-order valence-corrected chi connectivity index (χ4v) is 3.13. The van der Waals surface area contributed by atoms with Crippen LogP contribution in [-0.2, 0) is 4.79 Å². The van der Waals surface area contributed by atoms with Crippen LogP contribution in [0.4, 0.5) is 5.69 Å². The Labute approximate surface area is 164 Å². The summed E-state index contributed by atoms with van der Waals surface area (Å²) < 4.78 is 10.6. The Hall–Kier alpha value is -3.06. The highest BCUT2D eigenvalue weighted by molar-refractivity contribution is 5.94. The van der Waals surface area contributed by atoms with Crippen molar-refractivity contribution in [1.82, 2.24) is 4.90 Å². The Bertz CT molecular complexity index is 823. The van der Waals surface area contributed by atoms with E-state index in [0.717, 1.165) is 13.0 Å². The van der Waals surface area contributed by atoms with Gasteiger partial charge >= 0.3 is 0 Å². The van der Waals surface area contributed by atoms with Crippen LogP contribution in [0.3, 0.4) is 0 Å².